The Hall–Kier alpha value is -1.94. The monoisotopic (exact) mass is 281 g/mol. The zero-order valence-corrected chi connectivity index (χ0v) is 9.39. The summed E-state index contributed by atoms with van der Waals surface area (Å²) in [6, 6.07) is 0.474. The number of halogens is 3. The molecule has 10 heteroatoms. The zero-order chi connectivity index (χ0) is 14.6. The molecule has 1 heterocycles. The van der Waals surface area contributed by atoms with Gasteiger partial charge in [-0.25, -0.2) is 4.98 Å². The largest absolute Gasteiger partial charge is 0.433 e. The first-order valence-electron chi connectivity index (χ1n) is 5.00. The van der Waals surface area contributed by atoms with E-state index < -0.39 is 40.9 Å². The molecule has 106 valence electrons. The lowest BCUT2D eigenvalue weighted by Crippen LogP contribution is -2.23. The third kappa shape index (κ3) is 4.03. The third-order valence-corrected chi connectivity index (χ3v) is 2.11. The predicted molar refractivity (Wildman–Crippen MR) is 57.5 cm³/mol. The Bertz CT molecular complexity index is 467. The second-order valence-electron chi connectivity index (χ2n) is 3.56. The topological polar surface area (TPSA) is 109 Å². The maximum Gasteiger partial charge on any atom is 0.433 e. The van der Waals surface area contributed by atoms with Crippen LogP contribution in [0.2, 0.25) is 0 Å². The highest BCUT2D eigenvalue weighted by Gasteiger charge is 2.34. The quantitative estimate of drug-likeness (QED) is 0.543. The van der Waals surface area contributed by atoms with Gasteiger partial charge in [-0.3, -0.25) is 10.1 Å². The number of pyridine rings is 1. The molecule has 1 aromatic heterocycles. The van der Waals surface area contributed by atoms with Crippen molar-refractivity contribution in [3.63, 3.8) is 0 Å². The summed E-state index contributed by atoms with van der Waals surface area (Å²) >= 11 is 0. The van der Waals surface area contributed by atoms with Gasteiger partial charge in [-0.1, -0.05) is 0 Å². The summed E-state index contributed by atoms with van der Waals surface area (Å²) in [5.74, 6) is 0. The number of hydrogen-bond donors (Lipinski definition) is 3. The van der Waals surface area contributed by atoms with Crippen LogP contribution in [0.3, 0.4) is 0 Å². The molecule has 0 fully saturated rings. The van der Waals surface area contributed by atoms with Crippen LogP contribution in [0.15, 0.2) is 12.3 Å². The average molecular weight is 281 g/mol. The van der Waals surface area contributed by atoms with Crippen molar-refractivity contribution in [2.45, 2.75) is 12.3 Å². The number of aliphatic hydroxyl groups is 2. The number of anilines is 1. The molecular weight excluding hydrogens is 271 g/mol. The van der Waals surface area contributed by atoms with Crippen molar-refractivity contribution in [2.75, 3.05) is 18.5 Å². The summed E-state index contributed by atoms with van der Waals surface area (Å²) in [7, 11) is 0. The van der Waals surface area contributed by atoms with Crippen molar-refractivity contribution in [2.24, 2.45) is 0 Å². The predicted octanol–water partition coefficient (Wildman–Crippen LogP) is 0.774. The van der Waals surface area contributed by atoms with E-state index >= 15 is 0 Å². The zero-order valence-electron chi connectivity index (χ0n) is 9.39. The van der Waals surface area contributed by atoms with Crippen molar-refractivity contribution in [1.82, 2.24) is 4.98 Å². The first kappa shape index (κ1) is 15.1. The molecule has 1 unspecified atom stereocenters. The SMILES string of the molecule is O=[N+]([O-])c1cnc(C(F)(F)F)cc1NCC(O)CO. The minimum Gasteiger partial charge on any atom is -0.394 e. The second kappa shape index (κ2) is 5.80. The van der Waals surface area contributed by atoms with Gasteiger partial charge >= 0.3 is 11.9 Å². The highest BCUT2D eigenvalue weighted by atomic mass is 19.4. The lowest BCUT2D eigenvalue weighted by Gasteiger charge is -2.12. The van der Waals surface area contributed by atoms with Gasteiger partial charge in [-0.15, -0.1) is 0 Å². The van der Waals surface area contributed by atoms with Crippen molar-refractivity contribution < 1.29 is 28.3 Å². The first-order chi connectivity index (χ1) is 8.75. The van der Waals surface area contributed by atoms with Crippen molar-refractivity contribution >= 4 is 11.4 Å². The van der Waals surface area contributed by atoms with Crippen LogP contribution < -0.4 is 5.32 Å². The van der Waals surface area contributed by atoms with E-state index in [0.717, 1.165) is 0 Å². The summed E-state index contributed by atoms with van der Waals surface area (Å²) in [6.07, 6.45) is -5.50. The van der Waals surface area contributed by atoms with Crippen LogP contribution in [0.5, 0.6) is 0 Å². The van der Waals surface area contributed by atoms with E-state index in [2.05, 4.69) is 10.3 Å². The summed E-state index contributed by atoms with van der Waals surface area (Å²) in [5, 5.41) is 30.5. The lowest BCUT2D eigenvalue weighted by atomic mass is 10.2. The number of nitro groups is 1. The standard InChI is InChI=1S/C9H10F3N3O4/c10-9(11,12)8-1-6(13-2-5(17)4-16)7(3-14-8)15(18)19/h1,3,5,16-17H,2,4H2,(H,13,14). The molecule has 0 radical (unpaired) electrons. The molecule has 1 atom stereocenters. The van der Waals surface area contributed by atoms with E-state index in [9.17, 15) is 23.3 Å². The lowest BCUT2D eigenvalue weighted by molar-refractivity contribution is -0.384. The van der Waals surface area contributed by atoms with Crippen LogP contribution in [0.25, 0.3) is 0 Å². The molecule has 0 aliphatic rings. The van der Waals surface area contributed by atoms with Crippen LogP contribution in [0.1, 0.15) is 5.69 Å². The minimum atomic E-state index is -4.73. The molecule has 0 saturated heterocycles. The molecule has 0 spiro atoms. The van der Waals surface area contributed by atoms with Crippen LogP contribution in [-0.4, -0.2) is 39.4 Å². The fraction of sp³-hybridized carbons (Fsp3) is 0.444. The Balaban J connectivity index is 3.06. The Morgan fingerprint density at radius 1 is 1.53 bits per heavy atom. The Morgan fingerprint density at radius 3 is 2.63 bits per heavy atom. The van der Waals surface area contributed by atoms with E-state index in [1.54, 1.807) is 0 Å². The highest BCUT2D eigenvalue weighted by Crippen LogP contribution is 2.32. The van der Waals surface area contributed by atoms with Gasteiger partial charge in [0, 0.05) is 6.54 Å². The smallest absolute Gasteiger partial charge is 0.394 e. The molecule has 3 N–H and O–H groups in total. The molecule has 0 aromatic carbocycles. The number of aliphatic hydroxyl groups excluding tert-OH is 2. The summed E-state index contributed by atoms with van der Waals surface area (Å²) in [6.45, 7) is -0.962. The normalized spacial score (nSPS) is 13.1. The van der Waals surface area contributed by atoms with Gasteiger partial charge in [0.1, 0.15) is 17.6 Å². The van der Waals surface area contributed by atoms with Gasteiger partial charge in [0.25, 0.3) is 0 Å². The molecule has 19 heavy (non-hydrogen) atoms. The van der Waals surface area contributed by atoms with Gasteiger partial charge < -0.3 is 15.5 Å². The highest BCUT2D eigenvalue weighted by molar-refractivity contribution is 5.61. The van der Waals surface area contributed by atoms with Crippen LogP contribution in [0.4, 0.5) is 24.5 Å². The van der Waals surface area contributed by atoms with Crippen molar-refractivity contribution in [1.29, 1.82) is 0 Å². The number of alkyl halides is 3. The van der Waals surface area contributed by atoms with Gasteiger partial charge in [0.15, 0.2) is 0 Å². The number of nitrogens with one attached hydrogen (secondary N) is 1. The number of hydrogen-bond acceptors (Lipinski definition) is 6. The minimum absolute atomic E-state index is 0.335. The molecule has 1 rings (SSSR count). The molecule has 0 bridgehead atoms. The van der Waals surface area contributed by atoms with Crippen LogP contribution in [0, 0.1) is 10.1 Å². The van der Waals surface area contributed by atoms with Gasteiger partial charge in [0.05, 0.1) is 17.6 Å². The van der Waals surface area contributed by atoms with Crippen molar-refractivity contribution in [3.8, 4) is 0 Å². The summed E-state index contributed by atoms with van der Waals surface area (Å²) in [4.78, 5) is 12.7. The van der Waals surface area contributed by atoms with Crippen molar-refractivity contribution in [3.05, 3.63) is 28.1 Å². The maximum atomic E-state index is 12.4. The number of nitrogens with zero attached hydrogens (tertiary/aromatic N) is 2. The Labute approximate surface area is 104 Å². The summed E-state index contributed by atoms with van der Waals surface area (Å²) in [5.41, 5.74) is -2.38. The molecule has 0 aliphatic carbocycles. The molecule has 1 aromatic rings. The number of aromatic nitrogens is 1. The van der Waals surface area contributed by atoms with Gasteiger partial charge in [0.2, 0.25) is 0 Å². The molecule has 7 nitrogen and oxygen atoms in total. The summed E-state index contributed by atoms with van der Waals surface area (Å²) < 4.78 is 37.2. The second-order valence-corrected chi connectivity index (χ2v) is 3.56. The maximum absolute atomic E-state index is 12.4. The van der Waals surface area contributed by atoms with E-state index in [1.165, 1.54) is 0 Å². The fourth-order valence-corrected chi connectivity index (χ4v) is 1.18. The van der Waals surface area contributed by atoms with E-state index in [0.29, 0.717) is 12.3 Å². The Morgan fingerprint density at radius 2 is 2.16 bits per heavy atom. The van der Waals surface area contributed by atoms with Gasteiger partial charge in [-0.2, -0.15) is 13.2 Å². The molecule has 0 aliphatic heterocycles. The fourth-order valence-electron chi connectivity index (χ4n) is 1.18. The van der Waals surface area contributed by atoms with Crippen LogP contribution >= 0.6 is 0 Å². The van der Waals surface area contributed by atoms with Crippen LogP contribution in [-0.2, 0) is 6.18 Å². The van der Waals surface area contributed by atoms with E-state index in [1.807, 2.05) is 0 Å². The van der Waals surface area contributed by atoms with E-state index in [-0.39, 0.29) is 6.54 Å². The number of rotatable bonds is 5. The average Bonchev–Trinajstić information content (AvgIpc) is 2.34. The van der Waals surface area contributed by atoms with Gasteiger partial charge in [-0.05, 0) is 6.07 Å². The molecule has 0 amide bonds. The molecular formula is C9H10F3N3O4. The molecule has 0 saturated carbocycles. The Kier molecular flexibility index (Phi) is 4.62. The van der Waals surface area contributed by atoms with E-state index in [4.69, 9.17) is 10.2 Å². The third-order valence-electron chi connectivity index (χ3n) is 2.11. The first-order valence-corrected chi connectivity index (χ1v) is 5.00.